The van der Waals surface area contributed by atoms with E-state index in [2.05, 4.69) is 9.97 Å². The highest BCUT2D eigenvalue weighted by Gasteiger charge is 2.07. The van der Waals surface area contributed by atoms with E-state index in [1.807, 2.05) is 12.1 Å². The van der Waals surface area contributed by atoms with E-state index in [1.54, 1.807) is 13.2 Å². The zero-order valence-corrected chi connectivity index (χ0v) is 10.2. The molecule has 0 saturated heterocycles. The van der Waals surface area contributed by atoms with Crippen LogP contribution in [0.15, 0.2) is 18.2 Å². The molecule has 0 aliphatic rings. The summed E-state index contributed by atoms with van der Waals surface area (Å²) in [5.41, 5.74) is 6.47. The number of halogens is 1. The van der Waals surface area contributed by atoms with Gasteiger partial charge in [0.25, 0.3) is 0 Å². The normalized spacial score (nSPS) is 10.6. The van der Waals surface area contributed by atoms with Crippen LogP contribution in [0.2, 0.25) is 4.34 Å². The molecule has 16 heavy (non-hydrogen) atoms. The third kappa shape index (κ3) is 2.49. The molecule has 0 aromatic carbocycles. The van der Waals surface area contributed by atoms with E-state index in [-0.39, 0.29) is 0 Å². The monoisotopic (exact) mass is 255 g/mol. The Morgan fingerprint density at radius 3 is 2.88 bits per heavy atom. The van der Waals surface area contributed by atoms with Crippen LogP contribution in [0, 0.1) is 0 Å². The molecule has 6 heteroatoms. The van der Waals surface area contributed by atoms with Crippen LogP contribution in [0.3, 0.4) is 0 Å². The first-order valence-electron chi connectivity index (χ1n) is 4.57. The zero-order valence-electron chi connectivity index (χ0n) is 8.61. The van der Waals surface area contributed by atoms with Gasteiger partial charge in [-0.15, -0.1) is 11.3 Å². The third-order valence-corrected chi connectivity index (χ3v) is 3.15. The lowest BCUT2D eigenvalue weighted by atomic mass is 10.3. The third-order valence-electron chi connectivity index (χ3n) is 1.89. The van der Waals surface area contributed by atoms with Crippen molar-refractivity contribution < 1.29 is 4.74 Å². The Morgan fingerprint density at radius 2 is 2.25 bits per heavy atom. The minimum atomic E-state index is 0.344. The number of ether oxygens (including phenoxy) is 1. The SMILES string of the molecule is COCc1nc(N)cc(-c2ccc(Cl)s2)n1. The highest BCUT2D eigenvalue weighted by molar-refractivity contribution is 7.19. The molecule has 0 amide bonds. The van der Waals surface area contributed by atoms with Crippen molar-refractivity contribution >= 4 is 28.8 Å². The number of nitrogen functional groups attached to an aromatic ring is 1. The van der Waals surface area contributed by atoms with Gasteiger partial charge in [-0.3, -0.25) is 0 Å². The molecule has 0 bridgehead atoms. The summed E-state index contributed by atoms with van der Waals surface area (Å²) in [4.78, 5) is 9.38. The Bertz CT molecular complexity index is 501. The topological polar surface area (TPSA) is 61.0 Å². The van der Waals surface area contributed by atoms with Crippen molar-refractivity contribution in [2.45, 2.75) is 6.61 Å². The quantitative estimate of drug-likeness (QED) is 0.916. The molecule has 2 aromatic heterocycles. The molecule has 0 aliphatic carbocycles. The number of methoxy groups -OCH3 is 1. The van der Waals surface area contributed by atoms with Gasteiger partial charge in [0.1, 0.15) is 12.4 Å². The number of anilines is 1. The minimum absolute atomic E-state index is 0.344. The molecule has 4 nitrogen and oxygen atoms in total. The molecular formula is C10H10ClN3OS. The average Bonchev–Trinajstić information content (AvgIpc) is 2.64. The van der Waals surface area contributed by atoms with Crippen LogP contribution in [0.4, 0.5) is 5.82 Å². The molecule has 84 valence electrons. The Balaban J connectivity index is 2.40. The lowest BCUT2D eigenvalue weighted by Crippen LogP contribution is -2.01. The summed E-state index contributed by atoms with van der Waals surface area (Å²) in [5.74, 6) is 1.00. The molecule has 0 spiro atoms. The molecular weight excluding hydrogens is 246 g/mol. The van der Waals surface area contributed by atoms with Crippen LogP contribution in [0.25, 0.3) is 10.6 Å². The molecule has 0 atom stereocenters. The van der Waals surface area contributed by atoms with Crippen LogP contribution < -0.4 is 5.73 Å². The van der Waals surface area contributed by atoms with Gasteiger partial charge in [-0.05, 0) is 12.1 Å². The van der Waals surface area contributed by atoms with Gasteiger partial charge in [-0.1, -0.05) is 11.6 Å². The fraction of sp³-hybridized carbons (Fsp3) is 0.200. The van der Waals surface area contributed by atoms with Gasteiger partial charge in [0, 0.05) is 13.2 Å². The van der Waals surface area contributed by atoms with Crippen LogP contribution in [0.1, 0.15) is 5.82 Å². The van der Waals surface area contributed by atoms with Crippen molar-refractivity contribution in [3.63, 3.8) is 0 Å². The molecule has 2 heterocycles. The van der Waals surface area contributed by atoms with Gasteiger partial charge < -0.3 is 10.5 Å². The molecule has 0 aliphatic heterocycles. The summed E-state index contributed by atoms with van der Waals surface area (Å²) in [6.45, 7) is 0.344. The Morgan fingerprint density at radius 1 is 1.44 bits per heavy atom. The molecule has 0 unspecified atom stereocenters. The highest BCUT2D eigenvalue weighted by atomic mass is 35.5. The predicted octanol–water partition coefficient (Wildman–Crippen LogP) is 2.59. The lowest BCUT2D eigenvalue weighted by Gasteiger charge is -2.03. The summed E-state index contributed by atoms with van der Waals surface area (Å²) in [6.07, 6.45) is 0. The number of rotatable bonds is 3. The van der Waals surface area contributed by atoms with Gasteiger partial charge in [0.05, 0.1) is 14.9 Å². The lowest BCUT2D eigenvalue weighted by molar-refractivity contribution is 0.178. The highest BCUT2D eigenvalue weighted by Crippen LogP contribution is 2.30. The van der Waals surface area contributed by atoms with Crippen molar-refractivity contribution in [1.82, 2.24) is 9.97 Å². The molecule has 2 aromatic rings. The Labute approximate surface area is 102 Å². The number of nitrogens with zero attached hydrogens (tertiary/aromatic N) is 2. The number of hydrogen-bond donors (Lipinski definition) is 1. The molecule has 0 radical (unpaired) electrons. The smallest absolute Gasteiger partial charge is 0.157 e. The number of hydrogen-bond acceptors (Lipinski definition) is 5. The fourth-order valence-electron chi connectivity index (χ4n) is 1.29. The molecule has 2 rings (SSSR count). The molecule has 0 fully saturated rings. The molecule has 0 saturated carbocycles. The maximum Gasteiger partial charge on any atom is 0.157 e. The second kappa shape index (κ2) is 4.78. The summed E-state index contributed by atoms with van der Waals surface area (Å²) in [7, 11) is 1.59. The van der Waals surface area contributed by atoms with Crippen LogP contribution in [0.5, 0.6) is 0 Å². The van der Waals surface area contributed by atoms with Crippen molar-refractivity contribution in [3.8, 4) is 10.6 Å². The van der Waals surface area contributed by atoms with E-state index in [0.717, 1.165) is 14.9 Å². The predicted molar refractivity (Wildman–Crippen MR) is 65.5 cm³/mol. The van der Waals surface area contributed by atoms with E-state index in [4.69, 9.17) is 22.1 Å². The van der Waals surface area contributed by atoms with Gasteiger partial charge in [0.2, 0.25) is 0 Å². The van der Waals surface area contributed by atoms with Crippen LogP contribution in [-0.2, 0) is 11.3 Å². The van der Waals surface area contributed by atoms with E-state index in [1.165, 1.54) is 11.3 Å². The molecule has 2 N–H and O–H groups in total. The first-order valence-corrected chi connectivity index (χ1v) is 5.76. The summed E-state index contributed by atoms with van der Waals surface area (Å²) in [5, 5.41) is 0. The average molecular weight is 256 g/mol. The maximum absolute atomic E-state index is 5.87. The Kier molecular flexibility index (Phi) is 3.38. The van der Waals surface area contributed by atoms with Crippen molar-refractivity contribution in [3.05, 3.63) is 28.4 Å². The second-order valence-electron chi connectivity index (χ2n) is 3.13. The van der Waals surface area contributed by atoms with Gasteiger partial charge >= 0.3 is 0 Å². The number of aromatic nitrogens is 2. The second-order valence-corrected chi connectivity index (χ2v) is 4.85. The minimum Gasteiger partial charge on any atom is -0.384 e. The standard InChI is InChI=1S/C10H10ClN3OS/c1-15-5-10-13-6(4-9(12)14-10)7-2-3-8(11)16-7/h2-4H,5H2,1H3,(H2,12,13,14). The van der Waals surface area contributed by atoms with Gasteiger partial charge in [-0.25, -0.2) is 9.97 Å². The first-order chi connectivity index (χ1) is 7.69. The van der Waals surface area contributed by atoms with E-state index < -0.39 is 0 Å². The van der Waals surface area contributed by atoms with E-state index in [0.29, 0.717) is 18.2 Å². The summed E-state index contributed by atoms with van der Waals surface area (Å²) in [6, 6.07) is 5.46. The first kappa shape index (κ1) is 11.3. The van der Waals surface area contributed by atoms with Crippen LogP contribution in [-0.4, -0.2) is 17.1 Å². The van der Waals surface area contributed by atoms with E-state index >= 15 is 0 Å². The Hall–Kier alpha value is -1.17. The van der Waals surface area contributed by atoms with Gasteiger partial charge in [-0.2, -0.15) is 0 Å². The number of thiophene rings is 1. The number of nitrogens with two attached hydrogens (primary N) is 1. The maximum atomic E-state index is 5.87. The van der Waals surface area contributed by atoms with Crippen molar-refractivity contribution in [1.29, 1.82) is 0 Å². The zero-order chi connectivity index (χ0) is 11.5. The summed E-state index contributed by atoms with van der Waals surface area (Å²) >= 11 is 7.33. The van der Waals surface area contributed by atoms with Crippen LogP contribution >= 0.6 is 22.9 Å². The van der Waals surface area contributed by atoms with Crippen molar-refractivity contribution in [2.75, 3.05) is 12.8 Å². The van der Waals surface area contributed by atoms with Crippen molar-refractivity contribution in [2.24, 2.45) is 0 Å². The van der Waals surface area contributed by atoms with Gasteiger partial charge in [0.15, 0.2) is 5.82 Å². The summed E-state index contributed by atoms with van der Waals surface area (Å²) < 4.78 is 5.70. The van der Waals surface area contributed by atoms with E-state index in [9.17, 15) is 0 Å². The fourth-order valence-corrected chi connectivity index (χ4v) is 2.29. The largest absolute Gasteiger partial charge is 0.384 e.